The summed E-state index contributed by atoms with van der Waals surface area (Å²) in [6.45, 7) is 3.56. The molecule has 0 aromatic carbocycles. The van der Waals surface area contributed by atoms with Gasteiger partial charge in [-0.15, -0.1) is 0 Å². The van der Waals surface area contributed by atoms with Crippen LogP contribution in [-0.2, 0) is 19.1 Å². The van der Waals surface area contributed by atoms with Crippen LogP contribution < -0.4 is 5.32 Å². The zero-order valence-corrected chi connectivity index (χ0v) is 18.3. The minimum absolute atomic E-state index is 0.00509. The molecule has 2 aliphatic rings. The van der Waals surface area contributed by atoms with Crippen LogP contribution in [0, 0.1) is 5.92 Å². The number of hydrogen-bond acceptors (Lipinski definition) is 4. The van der Waals surface area contributed by atoms with Gasteiger partial charge in [0.15, 0.2) is 0 Å². The van der Waals surface area contributed by atoms with E-state index < -0.39 is 6.04 Å². The van der Waals surface area contributed by atoms with Gasteiger partial charge < -0.3 is 15.0 Å². The fourth-order valence-corrected chi connectivity index (χ4v) is 4.40. The molecule has 2 amide bonds. The number of unbranched alkanes of at least 4 members (excludes halogenated alkanes) is 7. The van der Waals surface area contributed by atoms with E-state index in [-0.39, 0.29) is 30.1 Å². The first kappa shape index (κ1) is 23.7. The maximum Gasteiger partial charge on any atom is 0.308 e. The summed E-state index contributed by atoms with van der Waals surface area (Å²) in [4.78, 5) is 39.1. The third kappa shape index (κ3) is 8.35. The van der Waals surface area contributed by atoms with E-state index in [9.17, 15) is 14.4 Å². The average molecular weight is 409 g/mol. The van der Waals surface area contributed by atoms with Crippen LogP contribution in [0.2, 0.25) is 0 Å². The number of amides is 2. The summed E-state index contributed by atoms with van der Waals surface area (Å²) in [6.07, 6.45) is 14.6. The Hall–Kier alpha value is -1.59. The lowest BCUT2D eigenvalue weighted by Gasteiger charge is -2.37. The van der Waals surface area contributed by atoms with Crippen LogP contribution in [0.1, 0.15) is 96.8 Å². The van der Waals surface area contributed by atoms with Gasteiger partial charge in [-0.3, -0.25) is 14.4 Å². The summed E-state index contributed by atoms with van der Waals surface area (Å²) in [6, 6.07) is -0.718. The molecule has 1 heterocycles. The van der Waals surface area contributed by atoms with Gasteiger partial charge in [0.2, 0.25) is 11.8 Å². The first-order chi connectivity index (χ1) is 14.1. The number of carbonyl (C=O) groups is 3. The zero-order chi connectivity index (χ0) is 20.9. The van der Waals surface area contributed by atoms with Crippen LogP contribution in [0.3, 0.4) is 0 Å². The molecule has 2 fully saturated rings. The number of ether oxygens (including phenoxy) is 1. The van der Waals surface area contributed by atoms with Gasteiger partial charge in [-0.2, -0.15) is 0 Å². The molecule has 0 radical (unpaired) electrons. The van der Waals surface area contributed by atoms with E-state index in [1.54, 1.807) is 4.90 Å². The average Bonchev–Trinajstić information content (AvgIpc) is 2.74. The van der Waals surface area contributed by atoms with Crippen LogP contribution in [0.25, 0.3) is 0 Å². The van der Waals surface area contributed by atoms with Gasteiger partial charge in [0.25, 0.3) is 0 Å². The predicted molar refractivity (Wildman–Crippen MR) is 113 cm³/mol. The Kier molecular flexibility index (Phi) is 11.1. The highest BCUT2D eigenvalue weighted by Crippen LogP contribution is 2.27. The van der Waals surface area contributed by atoms with Gasteiger partial charge >= 0.3 is 5.97 Å². The van der Waals surface area contributed by atoms with E-state index in [1.165, 1.54) is 44.9 Å². The number of rotatable bonds is 12. The summed E-state index contributed by atoms with van der Waals surface area (Å²) >= 11 is 0. The highest BCUT2D eigenvalue weighted by atomic mass is 16.5. The SMILES string of the molecule is CCCCCCCCCCOC(=O)CC1C(=O)NCCN1C(=O)C1CCCCC1. The van der Waals surface area contributed by atoms with Gasteiger partial charge in [0.1, 0.15) is 6.04 Å². The second kappa shape index (κ2) is 13.6. The molecule has 6 heteroatoms. The minimum Gasteiger partial charge on any atom is -0.466 e. The van der Waals surface area contributed by atoms with Gasteiger partial charge in [0.05, 0.1) is 13.0 Å². The van der Waals surface area contributed by atoms with Crippen LogP contribution in [0.4, 0.5) is 0 Å². The maximum absolute atomic E-state index is 12.9. The van der Waals surface area contributed by atoms with E-state index in [2.05, 4.69) is 12.2 Å². The molecule has 0 bridgehead atoms. The summed E-state index contributed by atoms with van der Waals surface area (Å²) < 4.78 is 5.35. The van der Waals surface area contributed by atoms with E-state index in [4.69, 9.17) is 4.74 Å². The smallest absolute Gasteiger partial charge is 0.308 e. The highest BCUT2D eigenvalue weighted by molar-refractivity contribution is 5.92. The Balaban J connectivity index is 1.69. The van der Waals surface area contributed by atoms with Crippen LogP contribution in [0.15, 0.2) is 0 Å². The topological polar surface area (TPSA) is 75.7 Å². The fourth-order valence-electron chi connectivity index (χ4n) is 4.40. The van der Waals surface area contributed by atoms with Crippen molar-refractivity contribution >= 4 is 17.8 Å². The summed E-state index contributed by atoms with van der Waals surface area (Å²) in [5.74, 6) is -0.563. The Morgan fingerprint density at radius 1 is 1.00 bits per heavy atom. The third-order valence-corrected chi connectivity index (χ3v) is 6.19. The second-order valence-electron chi connectivity index (χ2n) is 8.57. The molecular weight excluding hydrogens is 368 g/mol. The summed E-state index contributed by atoms with van der Waals surface area (Å²) in [7, 11) is 0. The molecule has 2 rings (SSSR count). The Morgan fingerprint density at radius 3 is 2.34 bits per heavy atom. The Bertz CT molecular complexity index is 517. The molecule has 0 spiro atoms. The van der Waals surface area contributed by atoms with Crippen molar-refractivity contribution in [3.05, 3.63) is 0 Å². The van der Waals surface area contributed by atoms with Crippen molar-refractivity contribution in [2.45, 2.75) is 103 Å². The number of piperazine rings is 1. The molecule has 1 aliphatic heterocycles. The lowest BCUT2D eigenvalue weighted by molar-refractivity contribution is -0.153. The molecule has 6 nitrogen and oxygen atoms in total. The largest absolute Gasteiger partial charge is 0.466 e. The quantitative estimate of drug-likeness (QED) is 0.392. The van der Waals surface area contributed by atoms with Gasteiger partial charge in [-0.1, -0.05) is 71.1 Å². The number of carbonyl (C=O) groups excluding carboxylic acids is 3. The van der Waals surface area contributed by atoms with Crippen molar-refractivity contribution in [1.29, 1.82) is 0 Å². The standard InChI is InChI=1S/C23H40N2O4/c1-2-3-4-5-6-7-8-12-17-29-21(26)18-20-22(27)24-15-16-25(20)23(28)19-13-10-9-11-14-19/h19-20H,2-18H2,1H3,(H,24,27). The van der Waals surface area contributed by atoms with Crippen LogP contribution in [0.5, 0.6) is 0 Å². The molecule has 166 valence electrons. The number of esters is 1. The molecule has 0 aromatic rings. The summed E-state index contributed by atoms with van der Waals surface area (Å²) in [5.41, 5.74) is 0. The normalized spacial score (nSPS) is 20.4. The molecule has 1 saturated carbocycles. The number of hydrogen-bond donors (Lipinski definition) is 1. The third-order valence-electron chi connectivity index (χ3n) is 6.19. The molecule has 1 N–H and O–H groups in total. The molecule has 1 unspecified atom stereocenters. The Morgan fingerprint density at radius 2 is 1.66 bits per heavy atom. The van der Waals surface area contributed by atoms with E-state index in [1.807, 2.05) is 0 Å². The Labute approximate surface area is 176 Å². The lowest BCUT2D eigenvalue weighted by atomic mass is 9.87. The van der Waals surface area contributed by atoms with Crippen molar-refractivity contribution in [3.8, 4) is 0 Å². The monoisotopic (exact) mass is 408 g/mol. The maximum atomic E-state index is 12.9. The fraction of sp³-hybridized carbons (Fsp3) is 0.870. The molecule has 0 aromatic heterocycles. The van der Waals surface area contributed by atoms with E-state index in [0.717, 1.165) is 38.5 Å². The number of nitrogens with one attached hydrogen (secondary N) is 1. The van der Waals surface area contributed by atoms with Crippen molar-refractivity contribution in [2.75, 3.05) is 19.7 Å². The van der Waals surface area contributed by atoms with E-state index >= 15 is 0 Å². The second-order valence-corrected chi connectivity index (χ2v) is 8.57. The number of nitrogens with zero attached hydrogens (tertiary/aromatic N) is 1. The molecule has 1 saturated heterocycles. The highest BCUT2D eigenvalue weighted by Gasteiger charge is 2.37. The first-order valence-corrected chi connectivity index (χ1v) is 11.9. The van der Waals surface area contributed by atoms with Crippen molar-refractivity contribution < 1.29 is 19.1 Å². The minimum atomic E-state index is -0.718. The van der Waals surface area contributed by atoms with Crippen molar-refractivity contribution in [1.82, 2.24) is 10.2 Å². The summed E-state index contributed by atoms with van der Waals surface area (Å²) in [5, 5.41) is 2.79. The molecule has 1 aliphatic carbocycles. The van der Waals surface area contributed by atoms with Gasteiger partial charge in [0, 0.05) is 19.0 Å². The molecule has 1 atom stereocenters. The molecular formula is C23H40N2O4. The first-order valence-electron chi connectivity index (χ1n) is 11.9. The van der Waals surface area contributed by atoms with Gasteiger partial charge in [-0.05, 0) is 19.3 Å². The zero-order valence-electron chi connectivity index (χ0n) is 18.3. The van der Waals surface area contributed by atoms with E-state index in [0.29, 0.717) is 19.7 Å². The van der Waals surface area contributed by atoms with Crippen molar-refractivity contribution in [2.24, 2.45) is 5.92 Å². The lowest BCUT2D eigenvalue weighted by Crippen LogP contribution is -2.59. The van der Waals surface area contributed by atoms with Crippen LogP contribution >= 0.6 is 0 Å². The van der Waals surface area contributed by atoms with Crippen LogP contribution in [-0.4, -0.2) is 48.4 Å². The predicted octanol–water partition coefficient (Wildman–Crippen LogP) is 3.97. The van der Waals surface area contributed by atoms with Gasteiger partial charge in [-0.25, -0.2) is 0 Å². The van der Waals surface area contributed by atoms with Crippen molar-refractivity contribution in [3.63, 3.8) is 0 Å². The molecule has 29 heavy (non-hydrogen) atoms.